The number of anilines is 1. The van der Waals surface area contributed by atoms with Crippen molar-refractivity contribution in [2.24, 2.45) is 5.92 Å². The van der Waals surface area contributed by atoms with Gasteiger partial charge in [-0.2, -0.15) is 0 Å². The van der Waals surface area contributed by atoms with Gasteiger partial charge in [-0.05, 0) is 35.5 Å². The lowest BCUT2D eigenvalue weighted by Crippen LogP contribution is -2.30. The highest BCUT2D eigenvalue weighted by Gasteiger charge is 2.34. The second kappa shape index (κ2) is 7.56. The van der Waals surface area contributed by atoms with E-state index in [1.807, 2.05) is 0 Å². The summed E-state index contributed by atoms with van der Waals surface area (Å²) in [6.45, 7) is 0.719. The van der Waals surface area contributed by atoms with E-state index >= 15 is 0 Å². The molecule has 0 bridgehead atoms. The highest BCUT2D eigenvalue weighted by atomic mass is 32.1. The van der Waals surface area contributed by atoms with E-state index in [0.717, 1.165) is 23.1 Å². The summed E-state index contributed by atoms with van der Waals surface area (Å²) >= 11 is 0.767. The minimum atomic E-state index is -0.580. The van der Waals surface area contributed by atoms with Gasteiger partial charge in [0.1, 0.15) is 12.0 Å². The number of carbonyl (C=O) groups excluding carboxylic acids is 2. The molecule has 1 atom stereocenters. The smallest absolute Gasteiger partial charge is 0.342 e. The predicted molar refractivity (Wildman–Crippen MR) is 92.2 cm³/mol. The Bertz CT molecular complexity index is 839. The molecule has 0 unspecified atom stereocenters. The Labute approximate surface area is 151 Å². The van der Waals surface area contributed by atoms with Crippen molar-refractivity contribution < 1.29 is 18.9 Å². The topological polar surface area (TPSA) is 105 Å². The molecule has 8 nitrogen and oxygen atoms in total. The molecule has 1 aliphatic rings. The van der Waals surface area contributed by atoms with Crippen LogP contribution in [0.5, 0.6) is 0 Å². The van der Waals surface area contributed by atoms with Gasteiger partial charge < -0.3 is 10.2 Å². The third-order valence-electron chi connectivity index (χ3n) is 4.07. The molecule has 1 fully saturated rings. The molecular weight excluding hydrogens is 363 g/mol. The van der Waals surface area contributed by atoms with E-state index in [0.29, 0.717) is 13.0 Å². The summed E-state index contributed by atoms with van der Waals surface area (Å²) in [5.41, 5.74) is 0.905. The van der Waals surface area contributed by atoms with Crippen molar-refractivity contribution in [3.05, 3.63) is 52.0 Å². The zero-order chi connectivity index (χ0) is 18.7. The van der Waals surface area contributed by atoms with Crippen molar-refractivity contribution >= 4 is 33.3 Å². The Morgan fingerprint density at radius 1 is 1.42 bits per heavy atom. The largest absolute Gasteiger partial charge is 0.345 e. The molecule has 10 heteroatoms. The van der Waals surface area contributed by atoms with Crippen LogP contribution < -0.4 is 5.32 Å². The number of rotatable bonds is 6. The predicted octanol–water partition coefficient (Wildman–Crippen LogP) is 2.22. The van der Waals surface area contributed by atoms with E-state index in [2.05, 4.69) is 10.3 Å². The molecule has 1 aromatic carbocycles. The molecule has 0 radical (unpaired) electrons. The van der Waals surface area contributed by atoms with Crippen molar-refractivity contribution in [2.45, 2.75) is 12.8 Å². The molecule has 2 heterocycles. The van der Waals surface area contributed by atoms with Gasteiger partial charge in [0.25, 0.3) is 0 Å². The first-order valence-electron chi connectivity index (χ1n) is 7.85. The maximum absolute atomic E-state index is 12.9. The number of nitro groups is 1. The van der Waals surface area contributed by atoms with Gasteiger partial charge in [-0.15, -0.1) is 0 Å². The number of hydrogen-bond acceptors (Lipinski definition) is 6. The fourth-order valence-electron chi connectivity index (χ4n) is 2.69. The number of halogens is 1. The summed E-state index contributed by atoms with van der Waals surface area (Å²) in [5.74, 6) is -1.35. The number of hydrogen-bond donors (Lipinski definition) is 1. The molecule has 1 N–H and O–H groups in total. The van der Waals surface area contributed by atoms with Crippen LogP contribution in [0.1, 0.15) is 12.0 Å². The van der Waals surface area contributed by atoms with Gasteiger partial charge in [0, 0.05) is 19.5 Å². The van der Waals surface area contributed by atoms with Crippen molar-refractivity contribution in [2.75, 3.05) is 18.4 Å². The summed E-state index contributed by atoms with van der Waals surface area (Å²) in [7, 11) is 0. The summed E-state index contributed by atoms with van der Waals surface area (Å²) in [5, 5.41) is 13.1. The normalized spacial score (nSPS) is 16.7. The Morgan fingerprint density at radius 2 is 2.15 bits per heavy atom. The second-order valence-corrected chi connectivity index (χ2v) is 6.88. The quantitative estimate of drug-likeness (QED) is 0.613. The van der Waals surface area contributed by atoms with Crippen molar-refractivity contribution in [1.29, 1.82) is 0 Å². The van der Waals surface area contributed by atoms with Crippen molar-refractivity contribution in [3.8, 4) is 0 Å². The molecule has 2 aromatic rings. The van der Waals surface area contributed by atoms with E-state index in [1.54, 1.807) is 17.0 Å². The van der Waals surface area contributed by atoms with Crippen LogP contribution in [0, 0.1) is 21.8 Å². The highest BCUT2D eigenvalue weighted by Crippen LogP contribution is 2.26. The standard InChI is InChI=1S/C16H15FN4O4S/c17-12-3-1-10(2-4-12)5-6-20-9-11(7-13(20)22)15(23)19-16-18-8-14(26-16)21(24)25/h1-4,8,11H,5-7,9H2,(H,18,19,23)/t11-/m0/s1. The molecule has 3 rings (SSSR count). The van der Waals surface area contributed by atoms with E-state index in [9.17, 15) is 24.1 Å². The minimum absolute atomic E-state index is 0.0860. The number of benzene rings is 1. The van der Waals surface area contributed by atoms with Crippen LogP contribution in [-0.4, -0.2) is 39.7 Å². The number of nitrogens with one attached hydrogen (secondary N) is 1. The Kier molecular flexibility index (Phi) is 5.21. The Hall–Kier alpha value is -2.88. The van der Waals surface area contributed by atoms with Gasteiger partial charge in [0.2, 0.25) is 11.8 Å². The lowest BCUT2D eigenvalue weighted by molar-refractivity contribution is -0.380. The molecule has 0 aliphatic carbocycles. The SMILES string of the molecule is O=C(Nc1ncc([N+](=O)[O-])s1)[C@H]1CC(=O)N(CCc2ccc(F)cc2)C1. The van der Waals surface area contributed by atoms with E-state index in [4.69, 9.17) is 0 Å². The molecule has 26 heavy (non-hydrogen) atoms. The summed E-state index contributed by atoms with van der Waals surface area (Å²) in [6, 6.07) is 6.06. The first-order chi connectivity index (χ1) is 12.4. The maximum atomic E-state index is 12.9. The first-order valence-corrected chi connectivity index (χ1v) is 8.67. The fourth-order valence-corrected chi connectivity index (χ4v) is 3.33. The fraction of sp³-hybridized carbons (Fsp3) is 0.312. The first kappa shape index (κ1) is 17.9. The summed E-state index contributed by atoms with van der Waals surface area (Å²) < 4.78 is 12.9. The van der Waals surface area contributed by atoms with Gasteiger partial charge in [0.05, 0.1) is 10.8 Å². The third-order valence-corrected chi connectivity index (χ3v) is 4.94. The lowest BCUT2D eigenvalue weighted by atomic mass is 10.1. The van der Waals surface area contributed by atoms with Crippen molar-refractivity contribution in [3.63, 3.8) is 0 Å². The van der Waals surface area contributed by atoms with Gasteiger partial charge in [-0.1, -0.05) is 12.1 Å². The van der Waals surface area contributed by atoms with E-state index < -0.39 is 10.8 Å². The molecule has 2 amide bonds. The summed E-state index contributed by atoms with van der Waals surface area (Å²) in [6.07, 6.45) is 1.73. The lowest BCUT2D eigenvalue weighted by Gasteiger charge is -2.16. The second-order valence-electron chi connectivity index (χ2n) is 5.87. The van der Waals surface area contributed by atoms with E-state index in [1.165, 1.54) is 12.1 Å². The van der Waals surface area contributed by atoms with Gasteiger partial charge >= 0.3 is 5.00 Å². The van der Waals surface area contributed by atoms with Crippen LogP contribution in [0.25, 0.3) is 0 Å². The number of carbonyl (C=O) groups is 2. The van der Waals surface area contributed by atoms with Crippen LogP contribution >= 0.6 is 11.3 Å². The van der Waals surface area contributed by atoms with Crippen molar-refractivity contribution in [1.82, 2.24) is 9.88 Å². The van der Waals surface area contributed by atoms with Crippen LogP contribution in [0.4, 0.5) is 14.5 Å². The molecule has 1 aliphatic heterocycles. The van der Waals surface area contributed by atoms with Gasteiger partial charge in [-0.3, -0.25) is 19.7 Å². The molecule has 0 saturated carbocycles. The highest BCUT2D eigenvalue weighted by molar-refractivity contribution is 7.18. The van der Waals surface area contributed by atoms with Gasteiger partial charge in [0.15, 0.2) is 5.13 Å². The van der Waals surface area contributed by atoms with Crippen LogP contribution in [0.3, 0.4) is 0 Å². The van der Waals surface area contributed by atoms with Gasteiger partial charge in [-0.25, -0.2) is 9.37 Å². The maximum Gasteiger partial charge on any atom is 0.345 e. The third kappa shape index (κ3) is 4.20. The average molecular weight is 378 g/mol. The molecular formula is C16H15FN4O4S. The van der Waals surface area contributed by atoms with Crippen LogP contribution in [0.15, 0.2) is 30.5 Å². The minimum Gasteiger partial charge on any atom is -0.342 e. The Morgan fingerprint density at radius 3 is 2.81 bits per heavy atom. The number of aromatic nitrogens is 1. The number of amides is 2. The van der Waals surface area contributed by atoms with E-state index in [-0.39, 0.29) is 40.7 Å². The zero-order valence-corrected chi connectivity index (χ0v) is 14.4. The Balaban J connectivity index is 1.53. The number of thiazole rings is 1. The molecule has 1 aromatic heterocycles. The number of likely N-dealkylation sites (tertiary alicyclic amines) is 1. The molecule has 136 valence electrons. The monoisotopic (exact) mass is 378 g/mol. The molecule has 0 spiro atoms. The zero-order valence-electron chi connectivity index (χ0n) is 13.6. The summed E-state index contributed by atoms with van der Waals surface area (Å²) in [4.78, 5) is 39.8. The number of nitrogens with zero attached hydrogens (tertiary/aromatic N) is 3. The average Bonchev–Trinajstić information content (AvgIpc) is 3.21. The molecule has 1 saturated heterocycles. The van der Waals surface area contributed by atoms with Crippen LogP contribution in [0.2, 0.25) is 0 Å². The van der Waals surface area contributed by atoms with Crippen LogP contribution in [-0.2, 0) is 16.0 Å².